The van der Waals surface area contributed by atoms with E-state index in [1.54, 1.807) is 24.3 Å². The van der Waals surface area contributed by atoms with Crippen molar-refractivity contribution in [3.05, 3.63) is 34.3 Å². The molecule has 1 aromatic rings. The lowest BCUT2D eigenvalue weighted by atomic mass is 9.94. The van der Waals surface area contributed by atoms with Crippen molar-refractivity contribution in [2.24, 2.45) is 11.7 Å². The van der Waals surface area contributed by atoms with Crippen molar-refractivity contribution in [1.82, 2.24) is 0 Å². The number of hydrogen-bond donors (Lipinski definition) is 2. The number of nitrogens with two attached hydrogens (primary N) is 1. The van der Waals surface area contributed by atoms with Gasteiger partial charge >= 0.3 is 11.9 Å². The molecular formula is C11H12BrNO4. The summed E-state index contributed by atoms with van der Waals surface area (Å²) in [5.74, 6) is -3.58. The van der Waals surface area contributed by atoms with Crippen molar-refractivity contribution >= 4 is 27.9 Å². The van der Waals surface area contributed by atoms with E-state index in [-0.39, 0.29) is 0 Å². The van der Waals surface area contributed by atoms with Gasteiger partial charge in [-0.15, -0.1) is 0 Å². The van der Waals surface area contributed by atoms with Gasteiger partial charge in [0.15, 0.2) is 5.92 Å². The van der Waals surface area contributed by atoms with Crippen LogP contribution in [-0.2, 0) is 14.3 Å². The summed E-state index contributed by atoms with van der Waals surface area (Å²) in [6.45, 7) is 0. The monoisotopic (exact) mass is 301 g/mol. The molecule has 5 nitrogen and oxygen atoms in total. The summed E-state index contributed by atoms with van der Waals surface area (Å²) in [5, 5.41) is 9.00. The number of esters is 1. The zero-order chi connectivity index (χ0) is 13.0. The fraction of sp³-hybridized carbons (Fsp3) is 0.273. The highest BCUT2D eigenvalue weighted by molar-refractivity contribution is 9.10. The second kappa shape index (κ2) is 5.79. The maximum absolute atomic E-state index is 11.4. The molecule has 6 heteroatoms. The second-order valence-electron chi connectivity index (χ2n) is 3.39. The smallest absolute Gasteiger partial charge is 0.322 e. The average molecular weight is 302 g/mol. The summed E-state index contributed by atoms with van der Waals surface area (Å²) in [4.78, 5) is 22.4. The maximum Gasteiger partial charge on any atom is 0.322 e. The molecule has 1 rings (SSSR count). The highest BCUT2D eigenvalue weighted by Crippen LogP contribution is 2.27. The first-order valence-electron chi connectivity index (χ1n) is 4.79. The summed E-state index contributed by atoms with van der Waals surface area (Å²) in [6, 6.07) is 5.92. The minimum Gasteiger partial charge on any atom is -0.481 e. The molecule has 0 aliphatic carbocycles. The molecule has 0 saturated carbocycles. The summed E-state index contributed by atoms with van der Waals surface area (Å²) >= 11 is 3.26. The second-order valence-corrected chi connectivity index (χ2v) is 4.24. The third-order valence-electron chi connectivity index (χ3n) is 2.34. The van der Waals surface area contributed by atoms with Gasteiger partial charge in [-0.3, -0.25) is 9.59 Å². The van der Waals surface area contributed by atoms with Crippen LogP contribution in [-0.4, -0.2) is 24.2 Å². The van der Waals surface area contributed by atoms with Gasteiger partial charge in [-0.1, -0.05) is 34.1 Å². The van der Waals surface area contributed by atoms with Crippen LogP contribution in [0.2, 0.25) is 0 Å². The van der Waals surface area contributed by atoms with E-state index in [1.807, 2.05) is 0 Å². The van der Waals surface area contributed by atoms with Crippen LogP contribution in [0.3, 0.4) is 0 Å². The number of halogens is 1. The van der Waals surface area contributed by atoms with Crippen molar-refractivity contribution in [3.63, 3.8) is 0 Å². The van der Waals surface area contributed by atoms with Gasteiger partial charge in [0.2, 0.25) is 0 Å². The van der Waals surface area contributed by atoms with Crippen LogP contribution in [0.1, 0.15) is 11.6 Å². The molecule has 1 unspecified atom stereocenters. The minimum absolute atomic E-state index is 0.547. The molecule has 0 bridgehead atoms. The zero-order valence-electron chi connectivity index (χ0n) is 9.09. The van der Waals surface area contributed by atoms with E-state index in [1.165, 1.54) is 0 Å². The van der Waals surface area contributed by atoms with Crippen molar-refractivity contribution < 1.29 is 19.4 Å². The van der Waals surface area contributed by atoms with E-state index in [9.17, 15) is 9.59 Å². The van der Waals surface area contributed by atoms with E-state index < -0.39 is 23.9 Å². The number of carbonyl (C=O) groups excluding carboxylic acids is 1. The lowest BCUT2D eigenvalue weighted by Gasteiger charge is -2.19. The molecule has 0 fully saturated rings. The molecule has 0 aromatic heterocycles. The van der Waals surface area contributed by atoms with E-state index in [0.717, 1.165) is 7.11 Å². The summed E-state index contributed by atoms with van der Waals surface area (Å²) < 4.78 is 5.10. The third kappa shape index (κ3) is 3.04. The van der Waals surface area contributed by atoms with Crippen molar-refractivity contribution in [2.45, 2.75) is 6.04 Å². The van der Waals surface area contributed by atoms with Gasteiger partial charge in [0, 0.05) is 4.47 Å². The highest BCUT2D eigenvalue weighted by Gasteiger charge is 2.35. The average Bonchev–Trinajstić information content (AvgIpc) is 2.28. The maximum atomic E-state index is 11.4. The lowest BCUT2D eigenvalue weighted by Crippen LogP contribution is -2.35. The summed E-state index contributed by atoms with van der Waals surface area (Å²) in [5.41, 5.74) is 6.35. The Hall–Kier alpha value is -1.40. The fourth-order valence-corrected chi connectivity index (χ4v) is 2.00. The number of carboxylic acid groups (broad SMARTS) is 1. The van der Waals surface area contributed by atoms with Gasteiger partial charge in [-0.05, 0) is 11.6 Å². The number of carbonyl (C=O) groups is 2. The van der Waals surface area contributed by atoms with Crippen LogP contribution in [0.4, 0.5) is 0 Å². The molecule has 92 valence electrons. The Balaban J connectivity index is 3.09. The van der Waals surface area contributed by atoms with Crippen LogP contribution in [0.15, 0.2) is 28.7 Å². The third-order valence-corrected chi connectivity index (χ3v) is 3.07. The molecular weight excluding hydrogens is 290 g/mol. The van der Waals surface area contributed by atoms with Crippen molar-refractivity contribution in [3.8, 4) is 0 Å². The van der Waals surface area contributed by atoms with Gasteiger partial charge in [-0.25, -0.2) is 0 Å². The first-order valence-corrected chi connectivity index (χ1v) is 5.59. The molecule has 1 aromatic carbocycles. The molecule has 0 amide bonds. The number of rotatable bonds is 4. The molecule has 0 aliphatic rings. The first-order chi connectivity index (χ1) is 7.99. The van der Waals surface area contributed by atoms with E-state index in [0.29, 0.717) is 10.0 Å². The van der Waals surface area contributed by atoms with Crippen LogP contribution < -0.4 is 5.73 Å². The highest BCUT2D eigenvalue weighted by atomic mass is 79.9. The van der Waals surface area contributed by atoms with Crippen molar-refractivity contribution in [1.29, 1.82) is 0 Å². The molecule has 0 radical (unpaired) electrons. The molecule has 0 saturated heterocycles. The van der Waals surface area contributed by atoms with Crippen molar-refractivity contribution in [2.75, 3.05) is 7.11 Å². The first kappa shape index (κ1) is 13.7. The van der Waals surface area contributed by atoms with Crippen LogP contribution in [0.25, 0.3) is 0 Å². The molecule has 0 aliphatic heterocycles. The molecule has 3 N–H and O–H groups in total. The Kier molecular flexibility index (Phi) is 4.65. The molecule has 0 spiro atoms. The molecule has 17 heavy (non-hydrogen) atoms. The van der Waals surface area contributed by atoms with Crippen LogP contribution >= 0.6 is 15.9 Å². The number of ether oxygens (including phenoxy) is 1. The zero-order valence-corrected chi connectivity index (χ0v) is 10.7. The van der Waals surface area contributed by atoms with Crippen LogP contribution in [0.5, 0.6) is 0 Å². The Morgan fingerprint density at radius 3 is 2.47 bits per heavy atom. The predicted molar refractivity (Wildman–Crippen MR) is 64.2 cm³/mol. The standard InChI is InChI=1S/C11H12BrNO4/c1-17-11(16)8(10(14)15)9(13)6-4-2-3-5-7(6)12/h2-5,8-9H,13H2,1H3,(H,14,15)/t8-,9?/m0/s1. The SMILES string of the molecule is COC(=O)[C@H](C(=O)O)C(N)c1ccccc1Br. The Labute approximate surface area is 107 Å². The van der Waals surface area contributed by atoms with E-state index in [4.69, 9.17) is 10.8 Å². The number of benzene rings is 1. The van der Waals surface area contributed by atoms with E-state index >= 15 is 0 Å². The Morgan fingerprint density at radius 1 is 1.41 bits per heavy atom. The van der Waals surface area contributed by atoms with Gasteiger partial charge in [0.1, 0.15) is 0 Å². The quantitative estimate of drug-likeness (QED) is 0.647. The Morgan fingerprint density at radius 2 is 2.00 bits per heavy atom. The number of hydrogen-bond acceptors (Lipinski definition) is 4. The topological polar surface area (TPSA) is 89.6 Å². The molecule has 0 heterocycles. The minimum atomic E-state index is -1.42. The van der Waals surface area contributed by atoms with Gasteiger partial charge in [-0.2, -0.15) is 0 Å². The van der Waals surface area contributed by atoms with Gasteiger partial charge in [0.25, 0.3) is 0 Å². The van der Waals surface area contributed by atoms with Crippen LogP contribution in [0, 0.1) is 5.92 Å². The fourth-order valence-electron chi connectivity index (χ4n) is 1.45. The number of carboxylic acids is 1. The molecule has 2 atom stereocenters. The summed E-state index contributed by atoms with van der Waals surface area (Å²) in [7, 11) is 1.13. The number of aliphatic carboxylic acids is 1. The number of methoxy groups -OCH3 is 1. The van der Waals surface area contributed by atoms with E-state index in [2.05, 4.69) is 20.7 Å². The van der Waals surface area contributed by atoms with Gasteiger partial charge < -0.3 is 15.6 Å². The normalized spacial score (nSPS) is 13.8. The lowest BCUT2D eigenvalue weighted by molar-refractivity contribution is -0.157. The van der Waals surface area contributed by atoms with Gasteiger partial charge in [0.05, 0.1) is 13.2 Å². The predicted octanol–water partition coefficient (Wildman–Crippen LogP) is 1.32. The Bertz CT molecular complexity index is 435. The largest absolute Gasteiger partial charge is 0.481 e. The summed E-state index contributed by atoms with van der Waals surface area (Å²) in [6.07, 6.45) is 0.